The number of fused-ring (bicyclic) bond motifs is 1. The van der Waals surface area contributed by atoms with E-state index in [9.17, 15) is 14.0 Å². The first kappa shape index (κ1) is 22.5. The summed E-state index contributed by atoms with van der Waals surface area (Å²) in [6, 6.07) is 14.7. The van der Waals surface area contributed by atoms with Gasteiger partial charge in [-0.1, -0.05) is 35.9 Å². The van der Waals surface area contributed by atoms with Crippen molar-refractivity contribution in [2.75, 3.05) is 13.1 Å². The standard InChI is InChI=1S/C25H24ClFN2O2S/c1-16(2)29(25(31)19-5-3-4-6-21(19)26)15-23(30)28-13-11-22-20(12-14-32-22)24(28)17-7-9-18(27)10-8-17/h3-10,12,14,16,24H,11,13,15H2,1-2H3. The lowest BCUT2D eigenvalue weighted by atomic mass is 9.93. The van der Waals surface area contributed by atoms with E-state index in [4.69, 9.17) is 11.6 Å². The minimum atomic E-state index is -0.315. The molecule has 0 saturated carbocycles. The van der Waals surface area contributed by atoms with E-state index in [1.54, 1.807) is 57.5 Å². The normalized spacial score (nSPS) is 15.5. The molecule has 0 aliphatic carbocycles. The number of carbonyl (C=O) groups is 2. The molecule has 2 aromatic carbocycles. The molecular formula is C25H24ClFN2O2S. The van der Waals surface area contributed by atoms with E-state index in [0.29, 0.717) is 17.1 Å². The zero-order chi connectivity index (χ0) is 22.8. The fourth-order valence-electron chi connectivity index (χ4n) is 4.10. The third-order valence-electron chi connectivity index (χ3n) is 5.77. The zero-order valence-electron chi connectivity index (χ0n) is 17.9. The molecule has 0 N–H and O–H groups in total. The largest absolute Gasteiger partial charge is 0.330 e. The maximum atomic E-state index is 13.6. The highest BCUT2D eigenvalue weighted by Gasteiger charge is 2.34. The molecule has 4 rings (SSSR count). The van der Waals surface area contributed by atoms with Gasteiger partial charge in [0.2, 0.25) is 5.91 Å². The van der Waals surface area contributed by atoms with Crippen molar-refractivity contribution in [3.63, 3.8) is 0 Å². The number of carbonyl (C=O) groups excluding carboxylic acids is 2. The van der Waals surface area contributed by atoms with Crippen LogP contribution in [0.25, 0.3) is 0 Å². The quantitative estimate of drug-likeness (QED) is 0.489. The van der Waals surface area contributed by atoms with Gasteiger partial charge in [-0.15, -0.1) is 11.3 Å². The average Bonchev–Trinajstić information content (AvgIpc) is 3.26. The number of amides is 2. The smallest absolute Gasteiger partial charge is 0.256 e. The lowest BCUT2D eigenvalue weighted by Gasteiger charge is -2.38. The van der Waals surface area contributed by atoms with Gasteiger partial charge in [0.1, 0.15) is 12.4 Å². The Hall–Kier alpha value is -2.70. The Kier molecular flexibility index (Phi) is 6.63. The minimum Gasteiger partial charge on any atom is -0.330 e. The highest BCUT2D eigenvalue weighted by Crippen LogP contribution is 2.38. The summed E-state index contributed by atoms with van der Waals surface area (Å²) < 4.78 is 13.6. The summed E-state index contributed by atoms with van der Waals surface area (Å²) >= 11 is 7.91. The first-order chi connectivity index (χ1) is 15.4. The van der Waals surface area contributed by atoms with E-state index < -0.39 is 0 Å². The van der Waals surface area contributed by atoms with E-state index in [2.05, 4.69) is 0 Å². The Bertz CT molecular complexity index is 1130. The fourth-order valence-corrected chi connectivity index (χ4v) is 5.22. The second-order valence-electron chi connectivity index (χ2n) is 8.10. The molecule has 2 heterocycles. The number of nitrogens with zero attached hydrogens (tertiary/aromatic N) is 2. The van der Waals surface area contributed by atoms with Crippen LogP contribution in [-0.4, -0.2) is 40.7 Å². The summed E-state index contributed by atoms with van der Waals surface area (Å²) in [5.41, 5.74) is 2.30. The van der Waals surface area contributed by atoms with Crippen LogP contribution in [0.5, 0.6) is 0 Å². The van der Waals surface area contributed by atoms with Gasteiger partial charge in [0, 0.05) is 17.5 Å². The molecule has 1 aliphatic heterocycles. The second-order valence-corrected chi connectivity index (χ2v) is 9.50. The topological polar surface area (TPSA) is 40.6 Å². The molecule has 0 bridgehead atoms. The fraction of sp³-hybridized carbons (Fsp3) is 0.280. The van der Waals surface area contributed by atoms with Gasteiger partial charge in [-0.05, 0) is 67.1 Å². The van der Waals surface area contributed by atoms with Crippen molar-refractivity contribution in [3.8, 4) is 0 Å². The van der Waals surface area contributed by atoms with Crippen LogP contribution < -0.4 is 0 Å². The van der Waals surface area contributed by atoms with Gasteiger partial charge in [0.15, 0.2) is 0 Å². The van der Waals surface area contributed by atoms with Crippen molar-refractivity contribution in [2.24, 2.45) is 0 Å². The van der Waals surface area contributed by atoms with E-state index in [1.807, 2.05) is 25.3 Å². The summed E-state index contributed by atoms with van der Waals surface area (Å²) in [5.74, 6) is -0.736. The third-order valence-corrected chi connectivity index (χ3v) is 7.09. The van der Waals surface area contributed by atoms with Gasteiger partial charge in [-0.2, -0.15) is 0 Å². The molecule has 32 heavy (non-hydrogen) atoms. The average molecular weight is 471 g/mol. The van der Waals surface area contributed by atoms with Gasteiger partial charge in [-0.3, -0.25) is 9.59 Å². The predicted octanol–water partition coefficient (Wildman–Crippen LogP) is 5.57. The molecule has 0 spiro atoms. The number of rotatable bonds is 5. The molecule has 1 aromatic heterocycles. The molecular weight excluding hydrogens is 447 g/mol. The Balaban J connectivity index is 1.63. The van der Waals surface area contributed by atoms with Crippen molar-refractivity contribution in [3.05, 3.63) is 92.4 Å². The molecule has 0 saturated heterocycles. The van der Waals surface area contributed by atoms with Gasteiger partial charge in [0.25, 0.3) is 5.91 Å². The zero-order valence-corrected chi connectivity index (χ0v) is 19.5. The summed E-state index contributed by atoms with van der Waals surface area (Å²) in [4.78, 5) is 31.3. The highest BCUT2D eigenvalue weighted by molar-refractivity contribution is 7.10. The second kappa shape index (κ2) is 9.43. The van der Waals surface area contributed by atoms with Crippen molar-refractivity contribution in [1.29, 1.82) is 0 Å². The number of hydrogen-bond acceptors (Lipinski definition) is 3. The molecule has 0 fully saturated rings. The van der Waals surface area contributed by atoms with E-state index in [1.165, 1.54) is 17.0 Å². The van der Waals surface area contributed by atoms with Crippen LogP contribution in [0.15, 0.2) is 60.0 Å². The third kappa shape index (κ3) is 4.43. The van der Waals surface area contributed by atoms with Crippen LogP contribution in [0.3, 0.4) is 0 Å². The monoisotopic (exact) mass is 470 g/mol. The molecule has 4 nitrogen and oxygen atoms in total. The number of hydrogen-bond donors (Lipinski definition) is 0. The Morgan fingerprint density at radius 1 is 1.16 bits per heavy atom. The Morgan fingerprint density at radius 2 is 1.88 bits per heavy atom. The van der Waals surface area contributed by atoms with Crippen molar-refractivity contribution < 1.29 is 14.0 Å². The van der Waals surface area contributed by atoms with Crippen LogP contribution >= 0.6 is 22.9 Å². The lowest BCUT2D eigenvalue weighted by molar-refractivity contribution is -0.134. The van der Waals surface area contributed by atoms with Crippen LogP contribution in [0.4, 0.5) is 4.39 Å². The van der Waals surface area contributed by atoms with Gasteiger partial charge in [-0.25, -0.2) is 4.39 Å². The molecule has 1 atom stereocenters. The molecule has 7 heteroatoms. The van der Waals surface area contributed by atoms with Gasteiger partial charge >= 0.3 is 0 Å². The molecule has 3 aromatic rings. The maximum Gasteiger partial charge on any atom is 0.256 e. The SMILES string of the molecule is CC(C)N(CC(=O)N1CCc2sccc2C1c1ccc(F)cc1)C(=O)c1ccccc1Cl. The summed E-state index contributed by atoms with van der Waals surface area (Å²) in [6.45, 7) is 4.25. The highest BCUT2D eigenvalue weighted by atomic mass is 35.5. The van der Waals surface area contributed by atoms with Crippen LogP contribution in [-0.2, 0) is 11.2 Å². The van der Waals surface area contributed by atoms with Crippen LogP contribution in [0, 0.1) is 5.82 Å². The van der Waals surface area contributed by atoms with Crippen molar-refractivity contribution in [1.82, 2.24) is 9.80 Å². The first-order valence-electron chi connectivity index (χ1n) is 10.5. The van der Waals surface area contributed by atoms with Crippen molar-refractivity contribution in [2.45, 2.75) is 32.4 Å². The van der Waals surface area contributed by atoms with Crippen molar-refractivity contribution >= 4 is 34.8 Å². The first-order valence-corrected chi connectivity index (χ1v) is 11.8. The summed E-state index contributed by atoms with van der Waals surface area (Å²) in [7, 11) is 0. The Labute approximate surface area is 196 Å². The molecule has 0 radical (unpaired) electrons. The number of benzene rings is 2. The van der Waals surface area contributed by atoms with Crippen LogP contribution in [0.2, 0.25) is 5.02 Å². The summed E-state index contributed by atoms with van der Waals surface area (Å²) in [6.07, 6.45) is 0.760. The predicted molar refractivity (Wildman–Crippen MR) is 126 cm³/mol. The number of halogens is 2. The molecule has 1 aliphatic rings. The molecule has 2 amide bonds. The Morgan fingerprint density at radius 3 is 2.56 bits per heavy atom. The van der Waals surface area contributed by atoms with Gasteiger partial charge in [0.05, 0.1) is 16.6 Å². The van der Waals surface area contributed by atoms with E-state index in [0.717, 1.165) is 17.5 Å². The molecule has 166 valence electrons. The minimum absolute atomic E-state index is 0.0567. The van der Waals surface area contributed by atoms with Gasteiger partial charge < -0.3 is 9.80 Å². The summed E-state index contributed by atoms with van der Waals surface area (Å²) in [5, 5.41) is 2.39. The lowest BCUT2D eigenvalue weighted by Crippen LogP contribution is -2.48. The molecule has 1 unspecified atom stereocenters. The van der Waals surface area contributed by atoms with E-state index >= 15 is 0 Å². The maximum absolute atomic E-state index is 13.6. The van der Waals surface area contributed by atoms with E-state index in [-0.39, 0.29) is 36.3 Å². The van der Waals surface area contributed by atoms with Crippen LogP contribution in [0.1, 0.15) is 46.3 Å². The number of thiophene rings is 1.